The molecule has 0 radical (unpaired) electrons. The molecule has 2 fully saturated rings. The van der Waals surface area contributed by atoms with Crippen molar-refractivity contribution in [2.24, 2.45) is 11.8 Å². The van der Waals surface area contributed by atoms with Crippen molar-refractivity contribution < 1.29 is 13.9 Å². The van der Waals surface area contributed by atoms with Crippen LogP contribution in [-0.4, -0.2) is 42.2 Å². The van der Waals surface area contributed by atoms with E-state index in [1.165, 1.54) is 0 Å². The van der Waals surface area contributed by atoms with Gasteiger partial charge in [0.25, 0.3) is 5.92 Å². The minimum absolute atomic E-state index is 0.0567. The molecule has 82 valence electrons. The van der Waals surface area contributed by atoms with Gasteiger partial charge in [-0.25, -0.2) is 8.78 Å². The van der Waals surface area contributed by atoms with Crippen LogP contribution in [0.25, 0.3) is 0 Å². The number of alkyl halides is 2. The van der Waals surface area contributed by atoms with Crippen LogP contribution in [0.15, 0.2) is 0 Å². The minimum Gasteiger partial charge on any atom is -0.395 e. The number of fused-ring (bicyclic) bond motifs is 1. The summed E-state index contributed by atoms with van der Waals surface area (Å²) in [6, 6.07) is 0. The molecule has 0 amide bonds. The van der Waals surface area contributed by atoms with Crippen LogP contribution in [0, 0.1) is 11.8 Å². The predicted molar refractivity (Wildman–Crippen MR) is 49.3 cm³/mol. The first-order chi connectivity index (χ1) is 6.63. The second kappa shape index (κ2) is 3.74. The van der Waals surface area contributed by atoms with Gasteiger partial charge in [-0.05, 0) is 18.8 Å². The van der Waals surface area contributed by atoms with Crippen molar-refractivity contribution in [1.82, 2.24) is 4.90 Å². The average Bonchev–Trinajstić information content (AvgIpc) is 2.49. The minimum atomic E-state index is -2.47. The second-order valence-corrected chi connectivity index (χ2v) is 4.50. The number of β-amino-alcohol motifs (C(OH)–C–C–N with tert-alkyl or cyclic N) is 1. The first-order valence-electron chi connectivity index (χ1n) is 5.34. The molecule has 0 spiro atoms. The van der Waals surface area contributed by atoms with Gasteiger partial charge < -0.3 is 10.0 Å². The lowest BCUT2D eigenvalue weighted by Gasteiger charge is -2.32. The highest BCUT2D eigenvalue weighted by Crippen LogP contribution is 2.45. The van der Waals surface area contributed by atoms with Gasteiger partial charge >= 0.3 is 0 Å². The molecule has 1 aliphatic heterocycles. The zero-order chi connectivity index (χ0) is 10.2. The van der Waals surface area contributed by atoms with E-state index in [0.29, 0.717) is 19.5 Å². The summed E-state index contributed by atoms with van der Waals surface area (Å²) in [6.45, 7) is 1.84. The lowest BCUT2D eigenvalue weighted by molar-refractivity contribution is -0.0946. The Morgan fingerprint density at radius 1 is 1.36 bits per heavy atom. The lowest BCUT2D eigenvalue weighted by Crippen LogP contribution is -2.37. The summed E-state index contributed by atoms with van der Waals surface area (Å²) >= 11 is 0. The summed E-state index contributed by atoms with van der Waals surface area (Å²) in [4.78, 5) is 1.97. The maximum atomic E-state index is 13.5. The zero-order valence-electron chi connectivity index (χ0n) is 8.25. The van der Waals surface area contributed by atoms with Crippen LogP contribution in [0.4, 0.5) is 8.78 Å². The first kappa shape index (κ1) is 10.3. The van der Waals surface area contributed by atoms with Crippen molar-refractivity contribution in [1.29, 1.82) is 0 Å². The van der Waals surface area contributed by atoms with Crippen molar-refractivity contribution in [2.75, 3.05) is 26.2 Å². The number of rotatable bonds is 2. The van der Waals surface area contributed by atoms with Crippen LogP contribution < -0.4 is 0 Å². The van der Waals surface area contributed by atoms with E-state index >= 15 is 0 Å². The normalized spacial score (nSPS) is 37.1. The van der Waals surface area contributed by atoms with Gasteiger partial charge in [0.15, 0.2) is 0 Å². The van der Waals surface area contributed by atoms with Crippen LogP contribution in [0.1, 0.15) is 19.3 Å². The van der Waals surface area contributed by atoms with Gasteiger partial charge in [0.1, 0.15) is 0 Å². The molecule has 0 aromatic heterocycles. The fraction of sp³-hybridized carbons (Fsp3) is 1.00. The van der Waals surface area contributed by atoms with E-state index in [0.717, 1.165) is 13.0 Å². The summed E-state index contributed by atoms with van der Waals surface area (Å²) in [6.07, 6.45) is 1.64. The van der Waals surface area contributed by atoms with Crippen LogP contribution in [0.5, 0.6) is 0 Å². The number of likely N-dealkylation sites (tertiary alicyclic amines) is 1. The maximum absolute atomic E-state index is 13.5. The van der Waals surface area contributed by atoms with Gasteiger partial charge in [-0.3, -0.25) is 0 Å². The van der Waals surface area contributed by atoms with Crippen molar-refractivity contribution in [3.63, 3.8) is 0 Å². The average molecular weight is 205 g/mol. The molecule has 2 nitrogen and oxygen atoms in total. The van der Waals surface area contributed by atoms with Crippen molar-refractivity contribution in [3.05, 3.63) is 0 Å². The SMILES string of the molecule is OCCN1C[C@@H]2CCCC(F)(F)[C@H]2C1. The molecule has 1 saturated heterocycles. The van der Waals surface area contributed by atoms with Gasteiger partial charge in [0, 0.05) is 32.0 Å². The van der Waals surface area contributed by atoms with Crippen LogP contribution in [-0.2, 0) is 0 Å². The van der Waals surface area contributed by atoms with Gasteiger partial charge in [0.2, 0.25) is 0 Å². The Hall–Kier alpha value is -0.220. The Labute approximate surface area is 82.9 Å². The summed E-state index contributed by atoms with van der Waals surface area (Å²) in [7, 11) is 0. The second-order valence-electron chi connectivity index (χ2n) is 4.50. The van der Waals surface area contributed by atoms with Gasteiger partial charge in [-0.15, -0.1) is 0 Å². The van der Waals surface area contributed by atoms with E-state index in [1.54, 1.807) is 0 Å². The number of halogens is 2. The van der Waals surface area contributed by atoms with Crippen LogP contribution in [0.2, 0.25) is 0 Å². The zero-order valence-corrected chi connectivity index (χ0v) is 8.25. The van der Waals surface area contributed by atoms with Gasteiger partial charge in [0.05, 0.1) is 6.61 Å². The maximum Gasteiger partial charge on any atom is 0.252 e. The Morgan fingerprint density at radius 2 is 2.14 bits per heavy atom. The summed E-state index contributed by atoms with van der Waals surface area (Å²) in [5.74, 6) is -2.76. The summed E-state index contributed by atoms with van der Waals surface area (Å²) in [5, 5.41) is 8.76. The monoisotopic (exact) mass is 205 g/mol. The van der Waals surface area contributed by atoms with Crippen LogP contribution >= 0.6 is 0 Å². The third-order valence-corrected chi connectivity index (χ3v) is 3.56. The third kappa shape index (κ3) is 1.77. The fourth-order valence-corrected chi connectivity index (χ4v) is 2.84. The molecule has 0 bridgehead atoms. The molecule has 4 heteroatoms. The smallest absolute Gasteiger partial charge is 0.252 e. The molecule has 1 aliphatic carbocycles. The highest BCUT2D eigenvalue weighted by Gasteiger charge is 2.50. The molecular formula is C10H17F2NO. The van der Waals surface area contributed by atoms with Gasteiger partial charge in [-0.2, -0.15) is 0 Å². The molecule has 0 unspecified atom stereocenters. The Morgan fingerprint density at radius 3 is 2.79 bits per heavy atom. The van der Waals surface area contributed by atoms with Crippen LogP contribution in [0.3, 0.4) is 0 Å². The first-order valence-corrected chi connectivity index (χ1v) is 5.34. The summed E-state index contributed by atoms with van der Waals surface area (Å²) in [5.41, 5.74) is 0. The lowest BCUT2D eigenvalue weighted by atomic mass is 9.79. The predicted octanol–water partition coefficient (Wildman–Crippen LogP) is 1.35. The summed E-state index contributed by atoms with van der Waals surface area (Å²) < 4.78 is 27.0. The Balaban J connectivity index is 2.01. The Bertz CT molecular complexity index is 210. The highest BCUT2D eigenvalue weighted by atomic mass is 19.3. The third-order valence-electron chi connectivity index (χ3n) is 3.56. The standard InChI is InChI=1S/C10H17F2NO/c11-10(12)3-1-2-8-6-13(4-5-14)7-9(8)10/h8-9,14H,1-7H2/t8-,9-/m0/s1. The molecule has 2 rings (SSSR count). The van der Waals surface area contributed by atoms with E-state index in [1.807, 2.05) is 4.90 Å². The molecule has 1 heterocycles. The molecule has 0 aromatic rings. The highest BCUT2D eigenvalue weighted by molar-refractivity contribution is 4.95. The van der Waals surface area contributed by atoms with E-state index in [-0.39, 0.29) is 18.9 Å². The quantitative estimate of drug-likeness (QED) is 0.735. The Kier molecular flexibility index (Phi) is 2.75. The molecule has 1 saturated carbocycles. The van der Waals surface area contributed by atoms with E-state index < -0.39 is 11.8 Å². The van der Waals surface area contributed by atoms with E-state index in [4.69, 9.17) is 5.11 Å². The molecule has 2 aliphatic rings. The number of nitrogens with zero attached hydrogens (tertiary/aromatic N) is 1. The molecular weight excluding hydrogens is 188 g/mol. The number of aliphatic hydroxyl groups is 1. The fourth-order valence-electron chi connectivity index (χ4n) is 2.84. The molecule has 1 N–H and O–H groups in total. The van der Waals surface area contributed by atoms with E-state index in [9.17, 15) is 8.78 Å². The van der Waals surface area contributed by atoms with E-state index in [2.05, 4.69) is 0 Å². The van der Waals surface area contributed by atoms with Gasteiger partial charge in [-0.1, -0.05) is 0 Å². The van der Waals surface area contributed by atoms with Crippen molar-refractivity contribution >= 4 is 0 Å². The number of hydrogen-bond donors (Lipinski definition) is 1. The van der Waals surface area contributed by atoms with Crippen molar-refractivity contribution in [2.45, 2.75) is 25.2 Å². The topological polar surface area (TPSA) is 23.5 Å². The molecule has 0 aromatic carbocycles. The number of hydrogen-bond acceptors (Lipinski definition) is 2. The molecule has 14 heavy (non-hydrogen) atoms. The van der Waals surface area contributed by atoms with Crippen molar-refractivity contribution in [3.8, 4) is 0 Å². The number of aliphatic hydroxyl groups excluding tert-OH is 1. The molecule has 2 atom stereocenters. The largest absolute Gasteiger partial charge is 0.395 e.